The molecule has 3 rings (SSSR count). The maximum Gasteiger partial charge on any atom is 0.260 e. The van der Waals surface area contributed by atoms with Crippen LogP contribution in [0.1, 0.15) is 34.1 Å². The molecule has 1 heterocycles. The number of halogens is 1. The van der Waals surface area contributed by atoms with Crippen molar-refractivity contribution in [3.63, 3.8) is 0 Å². The Kier molecular flexibility index (Phi) is 7.31. The number of rotatable bonds is 8. The van der Waals surface area contributed by atoms with Crippen LogP contribution in [-0.2, 0) is 11.3 Å². The third-order valence-electron chi connectivity index (χ3n) is 4.60. The highest BCUT2D eigenvalue weighted by molar-refractivity contribution is 6.33. The van der Waals surface area contributed by atoms with Gasteiger partial charge in [-0.25, -0.2) is 4.68 Å². The Balaban J connectivity index is 1.65. The summed E-state index contributed by atoms with van der Waals surface area (Å²) in [4.78, 5) is 24.3. The molecular formula is C23H25ClN4O3. The first-order chi connectivity index (χ1) is 14.9. The molecule has 0 aliphatic rings. The number of aryl methyl sites for hydroxylation is 2. The molecule has 31 heavy (non-hydrogen) atoms. The van der Waals surface area contributed by atoms with E-state index in [1.54, 1.807) is 35.9 Å². The summed E-state index contributed by atoms with van der Waals surface area (Å²) in [5.74, 6) is 0.00526. The molecule has 0 saturated heterocycles. The van der Waals surface area contributed by atoms with Crippen LogP contribution in [0.25, 0.3) is 0 Å². The molecule has 2 amide bonds. The number of anilines is 1. The van der Waals surface area contributed by atoms with E-state index in [0.29, 0.717) is 35.8 Å². The number of nitrogens with zero attached hydrogens (tertiary/aromatic N) is 2. The summed E-state index contributed by atoms with van der Waals surface area (Å²) in [6.45, 7) is 6.59. The second kappa shape index (κ2) is 10.1. The van der Waals surface area contributed by atoms with Gasteiger partial charge in [0, 0.05) is 12.2 Å². The van der Waals surface area contributed by atoms with Gasteiger partial charge in [-0.05, 0) is 50.6 Å². The van der Waals surface area contributed by atoms with E-state index in [1.807, 2.05) is 38.1 Å². The van der Waals surface area contributed by atoms with Gasteiger partial charge < -0.3 is 15.4 Å². The molecule has 2 aromatic carbocycles. The molecule has 0 unspecified atom stereocenters. The van der Waals surface area contributed by atoms with Crippen molar-refractivity contribution in [2.75, 3.05) is 18.5 Å². The number of aromatic nitrogens is 2. The van der Waals surface area contributed by atoms with Crippen LogP contribution in [0.4, 0.5) is 5.69 Å². The van der Waals surface area contributed by atoms with Gasteiger partial charge in [0.1, 0.15) is 10.9 Å². The largest absolute Gasteiger partial charge is 0.484 e. The summed E-state index contributed by atoms with van der Waals surface area (Å²) >= 11 is 6.48. The molecule has 0 atom stereocenters. The number of amides is 2. The van der Waals surface area contributed by atoms with Crippen molar-refractivity contribution < 1.29 is 14.3 Å². The van der Waals surface area contributed by atoms with Gasteiger partial charge in [0.25, 0.3) is 11.8 Å². The van der Waals surface area contributed by atoms with Gasteiger partial charge in [0.05, 0.1) is 17.8 Å². The second-order valence-electron chi connectivity index (χ2n) is 7.12. The van der Waals surface area contributed by atoms with Crippen LogP contribution in [-0.4, -0.2) is 34.7 Å². The number of nitrogens with one attached hydrogen (secondary N) is 2. The maximum absolute atomic E-state index is 12.8. The Hall–Kier alpha value is -3.32. The molecule has 0 saturated carbocycles. The quantitative estimate of drug-likeness (QED) is 0.555. The fraction of sp³-hybridized carbons (Fsp3) is 0.261. The number of carbonyl (C=O) groups excluding carboxylic acids is 2. The maximum atomic E-state index is 12.8. The topological polar surface area (TPSA) is 85.2 Å². The highest BCUT2D eigenvalue weighted by atomic mass is 35.5. The zero-order valence-corrected chi connectivity index (χ0v) is 18.5. The molecule has 8 heteroatoms. The van der Waals surface area contributed by atoms with Crippen LogP contribution < -0.4 is 15.4 Å². The summed E-state index contributed by atoms with van der Waals surface area (Å²) < 4.78 is 7.03. The molecule has 0 spiro atoms. The Morgan fingerprint density at radius 1 is 1.06 bits per heavy atom. The first-order valence-corrected chi connectivity index (χ1v) is 10.3. The second-order valence-corrected chi connectivity index (χ2v) is 7.47. The van der Waals surface area contributed by atoms with E-state index in [1.165, 1.54) is 5.56 Å². The van der Waals surface area contributed by atoms with E-state index < -0.39 is 0 Å². The Bertz CT molecular complexity index is 1060. The average Bonchev–Trinajstić information content (AvgIpc) is 3.02. The van der Waals surface area contributed by atoms with Crippen LogP contribution in [0, 0.1) is 13.8 Å². The number of hydrogen-bond donors (Lipinski definition) is 2. The lowest BCUT2D eigenvalue weighted by Gasteiger charge is -2.08. The minimum absolute atomic E-state index is 0.0610. The van der Waals surface area contributed by atoms with Crippen LogP contribution in [0.5, 0.6) is 5.75 Å². The highest BCUT2D eigenvalue weighted by Crippen LogP contribution is 2.23. The summed E-state index contributed by atoms with van der Waals surface area (Å²) in [6, 6.07) is 14.8. The van der Waals surface area contributed by atoms with E-state index in [9.17, 15) is 9.59 Å². The fourth-order valence-electron chi connectivity index (χ4n) is 3.01. The van der Waals surface area contributed by atoms with Crippen molar-refractivity contribution in [3.05, 3.63) is 76.1 Å². The Morgan fingerprint density at radius 3 is 2.39 bits per heavy atom. The molecule has 0 aliphatic carbocycles. The molecule has 7 nitrogen and oxygen atoms in total. The van der Waals surface area contributed by atoms with E-state index >= 15 is 0 Å². The molecule has 2 N–H and O–H groups in total. The highest BCUT2D eigenvalue weighted by Gasteiger charge is 2.20. The Morgan fingerprint density at radius 2 is 1.74 bits per heavy atom. The van der Waals surface area contributed by atoms with Crippen molar-refractivity contribution in [1.29, 1.82) is 0 Å². The minimum Gasteiger partial charge on any atom is -0.484 e. The predicted molar refractivity (Wildman–Crippen MR) is 121 cm³/mol. The summed E-state index contributed by atoms with van der Waals surface area (Å²) in [5, 5.41) is 10.2. The predicted octanol–water partition coefficient (Wildman–Crippen LogP) is 3.97. The van der Waals surface area contributed by atoms with E-state index in [4.69, 9.17) is 16.3 Å². The lowest BCUT2D eigenvalue weighted by molar-refractivity contribution is -0.122. The average molecular weight is 441 g/mol. The lowest BCUT2D eigenvalue weighted by atomic mass is 10.1. The smallest absolute Gasteiger partial charge is 0.260 e. The minimum atomic E-state index is -0.339. The SMILES string of the molecule is CCNC(=O)COc1ccc(NC(=O)c2c(C)nn(Cc3ccc(C)cc3)c2Cl)cc1. The van der Waals surface area contributed by atoms with Crippen molar-refractivity contribution in [3.8, 4) is 5.75 Å². The molecule has 0 aliphatic heterocycles. The van der Waals surface area contributed by atoms with Crippen LogP contribution >= 0.6 is 11.6 Å². The van der Waals surface area contributed by atoms with E-state index in [0.717, 1.165) is 5.56 Å². The number of ether oxygens (including phenoxy) is 1. The van der Waals surface area contributed by atoms with Gasteiger partial charge >= 0.3 is 0 Å². The van der Waals surface area contributed by atoms with Crippen LogP contribution in [0.3, 0.4) is 0 Å². The van der Waals surface area contributed by atoms with Gasteiger partial charge in [-0.3, -0.25) is 9.59 Å². The van der Waals surface area contributed by atoms with Gasteiger partial charge in [0.2, 0.25) is 0 Å². The third kappa shape index (κ3) is 5.86. The molecule has 0 radical (unpaired) electrons. The third-order valence-corrected chi connectivity index (χ3v) is 4.99. The molecule has 0 fully saturated rings. The number of hydrogen-bond acceptors (Lipinski definition) is 4. The fourth-order valence-corrected chi connectivity index (χ4v) is 3.33. The molecule has 3 aromatic rings. The summed E-state index contributed by atoms with van der Waals surface area (Å²) in [6.07, 6.45) is 0. The standard InChI is InChI=1S/C23H25ClN4O3/c1-4-25-20(29)14-31-19-11-9-18(10-12-19)26-23(30)21-16(3)27-28(22(21)24)13-17-7-5-15(2)6-8-17/h5-12H,4,13-14H2,1-3H3,(H,25,29)(H,26,30). The summed E-state index contributed by atoms with van der Waals surface area (Å²) in [7, 11) is 0. The van der Waals surface area contributed by atoms with Crippen molar-refractivity contribution in [2.45, 2.75) is 27.3 Å². The van der Waals surface area contributed by atoms with Gasteiger partial charge in [-0.15, -0.1) is 0 Å². The zero-order valence-electron chi connectivity index (χ0n) is 17.7. The Labute approximate surface area is 186 Å². The molecule has 0 bridgehead atoms. The number of carbonyl (C=O) groups is 2. The van der Waals surface area contributed by atoms with Gasteiger partial charge in [-0.2, -0.15) is 5.10 Å². The number of benzene rings is 2. The van der Waals surface area contributed by atoms with E-state index in [2.05, 4.69) is 15.7 Å². The lowest BCUT2D eigenvalue weighted by Crippen LogP contribution is -2.28. The van der Waals surface area contributed by atoms with Gasteiger partial charge in [-0.1, -0.05) is 41.4 Å². The number of likely N-dealkylation sites (N-methyl/N-ethyl adjacent to an activating group) is 1. The zero-order chi connectivity index (χ0) is 22.4. The van der Waals surface area contributed by atoms with Crippen molar-refractivity contribution in [1.82, 2.24) is 15.1 Å². The van der Waals surface area contributed by atoms with Crippen LogP contribution in [0.15, 0.2) is 48.5 Å². The first-order valence-electron chi connectivity index (χ1n) is 9.96. The molecule has 162 valence electrons. The van der Waals surface area contributed by atoms with Crippen molar-refractivity contribution >= 4 is 29.1 Å². The van der Waals surface area contributed by atoms with E-state index in [-0.39, 0.29) is 23.6 Å². The first kappa shape index (κ1) is 22.4. The molecule has 1 aromatic heterocycles. The van der Waals surface area contributed by atoms with Crippen molar-refractivity contribution in [2.24, 2.45) is 0 Å². The van der Waals surface area contributed by atoms with Gasteiger partial charge in [0.15, 0.2) is 6.61 Å². The summed E-state index contributed by atoms with van der Waals surface area (Å²) in [5.41, 5.74) is 3.69. The molecular weight excluding hydrogens is 416 g/mol. The normalized spacial score (nSPS) is 10.6. The van der Waals surface area contributed by atoms with Crippen LogP contribution in [0.2, 0.25) is 5.15 Å². The monoisotopic (exact) mass is 440 g/mol.